The highest BCUT2D eigenvalue weighted by Crippen LogP contribution is 2.34. The van der Waals surface area contributed by atoms with Crippen LogP contribution >= 0.6 is 0 Å². The van der Waals surface area contributed by atoms with Gasteiger partial charge in [-0.3, -0.25) is 0 Å². The Morgan fingerprint density at radius 3 is 2.41 bits per heavy atom. The molecule has 3 heteroatoms. The number of carbonyl (C=O) groups excluding carboxylic acids is 1. The highest BCUT2D eigenvalue weighted by atomic mass is 16.6. The Morgan fingerprint density at radius 1 is 1.18 bits per heavy atom. The molecule has 0 bridgehead atoms. The molecule has 0 atom stereocenters. The molecule has 0 radical (unpaired) electrons. The summed E-state index contributed by atoms with van der Waals surface area (Å²) in [6.07, 6.45) is 7.46. The first kappa shape index (κ1) is 16.9. The number of nitrogens with one attached hydrogen (secondary N) is 1. The maximum Gasteiger partial charge on any atom is 0.408 e. The van der Waals surface area contributed by atoms with E-state index in [0.29, 0.717) is 0 Å². The molecule has 1 aromatic carbocycles. The van der Waals surface area contributed by atoms with Crippen molar-refractivity contribution >= 4 is 6.09 Å². The standard InChI is InChI=1S/C19H29NO2/c1-18(2,3)22-17(21)20-19(13-7-8-14-19)15-9-12-16-10-5-4-6-11-16/h4-6,10-11H,7-9,12-15H2,1-3H3,(H,20,21). The lowest BCUT2D eigenvalue weighted by molar-refractivity contribution is 0.0449. The van der Waals surface area contributed by atoms with Crippen LogP contribution in [-0.2, 0) is 11.2 Å². The number of rotatable bonds is 5. The fourth-order valence-corrected chi connectivity index (χ4v) is 3.28. The molecule has 0 spiro atoms. The van der Waals surface area contributed by atoms with Gasteiger partial charge in [0.15, 0.2) is 0 Å². The van der Waals surface area contributed by atoms with E-state index in [9.17, 15) is 4.79 Å². The summed E-state index contributed by atoms with van der Waals surface area (Å²) in [4.78, 5) is 12.1. The Bertz CT molecular complexity index is 470. The van der Waals surface area contributed by atoms with Crippen molar-refractivity contribution in [1.29, 1.82) is 0 Å². The van der Waals surface area contributed by atoms with Crippen molar-refractivity contribution in [1.82, 2.24) is 5.32 Å². The number of carbonyl (C=O) groups is 1. The van der Waals surface area contributed by atoms with Gasteiger partial charge < -0.3 is 10.1 Å². The Hall–Kier alpha value is -1.51. The van der Waals surface area contributed by atoms with Crippen LogP contribution in [0, 0.1) is 0 Å². The minimum absolute atomic E-state index is 0.0584. The lowest BCUT2D eigenvalue weighted by Crippen LogP contribution is -2.48. The summed E-state index contributed by atoms with van der Waals surface area (Å²) in [7, 11) is 0. The molecule has 1 aromatic rings. The number of aryl methyl sites for hydroxylation is 1. The van der Waals surface area contributed by atoms with Crippen LogP contribution in [0.15, 0.2) is 30.3 Å². The molecule has 0 heterocycles. The van der Waals surface area contributed by atoms with Gasteiger partial charge in [-0.15, -0.1) is 0 Å². The maximum atomic E-state index is 12.1. The average Bonchev–Trinajstić information content (AvgIpc) is 2.86. The Labute approximate surface area is 134 Å². The smallest absolute Gasteiger partial charge is 0.408 e. The summed E-state index contributed by atoms with van der Waals surface area (Å²) in [6.45, 7) is 5.72. The molecule has 3 nitrogen and oxygen atoms in total. The number of hydrogen-bond acceptors (Lipinski definition) is 2. The molecule has 0 saturated heterocycles. The zero-order valence-electron chi connectivity index (χ0n) is 14.2. The maximum absolute atomic E-state index is 12.1. The van der Waals surface area contributed by atoms with Gasteiger partial charge in [0.05, 0.1) is 0 Å². The van der Waals surface area contributed by atoms with Gasteiger partial charge in [0.1, 0.15) is 5.60 Å². The molecule has 0 aliphatic heterocycles. The summed E-state index contributed by atoms with van der Waals surface area (Å²) in [6, 6.07) is 10.6. The fourth-order valence-electron chi connectivity index (χ4n) is 3.28. The first-order chi connectivity index (χ1) is 10.4. The van der Waals surface area contributed by atoms with Crippen LogP contribution < -0.4 is 5.32 Å². The van der Waals surface area contributed by atoms with Gasteiger partial charge in [-0.05, 0) is 58.4 Å². The highest BCUT2D eigenvalue weighted by molar-refractivity contribution is 5.68. The predicted octanol–water partition coefficient (Wildman–Crippen LogP) is 4.85. The molecule has 1 aliphatic rings. The van der Waals surface area contributed by atoms with E-state index >= 15 is 0 Å². The highest BCUT2D eigenvalue weighted by Gasteiger charge is 2.36. The van der Waals surface area contributed by atoms with Crippen molar-refractivity contribution in [3.05, 3.63) is 35.9 Å². The third-order valence-corrected chi connectivity index (χ3v) is 4.29. The topological polar surface area (TPSA) is 38.3 Å². The predicted molar refractivity (Wildman–Crippen MR) is 89.9 cm³/mol. The zero-order chi connectivity index (χ0) is 16.1. The Morgan fingerprint density at radius 2 is 1.82 bits per heavy atom. The minimum Gasteiger partial charge on any atom is -0.444 e. The third-order valence-electron chi connectivity index (χ3n) is 4.29. The van der Waals surface area contributed by atoms with Crippen molar-refractivity contribution in [3.8, 4) is 0 Å². The molecule has 1 aliphatic carbocycles. The summed E-state index contributed by atoms with van der Waals surface area (Å²) < 4.78 is 5.44. The number of ether oxygens (including phenoxy) is 1. The summed E-state index contributed by atoms with van der Waals surface area (Å²) in [5.41, 5.74) is 0.873. The van der Waals surface area contributed by atoms with Gasteiger partial charge in [0.2, 0.25) is 0 Å². The number of alkyl carbamates (subject to hydrolysis) is 1. The number of benzene rings is 1. The van der Waals surface area contributed by atoms with Gasteiger partial charge in [0.25, 0.3) is 0 Å². The molecular formula is C19H29NO2. The molecule has 22 heavy (non-hydrogen) atoms. The molecule has 1 saturated carbocycles. The largest absolute Gasteiger partial charge is 0.444 e. The Balaban J connectivity index is 1.87. The molecule has 2 rings (SSSR count). The number of amides is 1. The van der Waals surface area contributed by atoms with Crippen LogP contribution in [0.2, 0.25) is 0 Å². The minimum atomic E-state index is -0.437. The molecular weight excluding hydrogens is 274 g/mol. The normalized spacial score (nSPS) is 17.2. The molecule has 1 amide bonds. The first-order valence-corrected chi connectivity index (χ1v) is 8.44. The molecule has 1 fully saturated rings. The second-order valence-electron chi connectivity index (χ2n) is 7.45. The third kappa shape index (κ3) is 5.36. The second kappa shape index (κ2) is 7.17. The van der Waals surface area contributed by atoms with Crippen LogP contribution in [0.5, 0.6) is 0 Å². The van der Waals surface area contributed by atoms with Gasteiger partial charge in [-0.1, -0.05) is 43.2 Å². The van der Waals surface area contributed by atoms with Crippen LogP contribution in [0.1, 0.15) is 64.9 Å². The van der Waals surface area contributed by atoms with Gasteiger partial charge in [-0.2, -0.15) is 0 Å². The van der Waals surface area contributed by atoms with Crippen LogP contribution in [0.4, 0.5) is 4.79 Å². The Kier molecular flexibility index (Phi) is 5.49. The van der Waals surface area contributed by atoms with Gasteiger partial charge in [-0.25, -0.2) is 4.79 Å². The van der Waals surface area contributed by atoms with Crippen molar-refractivity contribution in [3.63, 3.8) is 0 Å². The molecule has 122 valence electrons. The first-order valence-electron chi connectivity index (χ1n) is 8.44. The van der Waals surface area contributed by atoms with Crippen LogP contribution in [0.3, 0.4) is 0 Å². The van der Waals surface area contributed by atoms with E-state index in [4.69, 9.17) is 4.74 Å². The quantitative estimate of drug-likeness (QED) is 0.844. The van der Waals surface area contributed by atoms with Gasteiger partial charge >= 0.3 is 6.09 Å². The lowest BCUT2D eigenvalue weighted by Gasteiger charge is -2.32. The van der Waals surface area contributed by atoms with E-state index in [0.717, 1.165) is 32.1 Å². The SMILES string of the molecule is CC(C)(C)OC(=O)NC1(CCCc2ccccc2)CCCC1. The van der Waals surface area contributed by atoms with E-state index in [-0.39, 0.29) is 11.6 Å². The lowest BCUT2D eigenvalue weighted by atomic mass is 9.90. The van der Waals surface area contributed by atoms with E-state index < -0.39 is 5.60 Å². The monoisotopic (exact) mass is 303 g/mol. The van der Waals surface area contributed by atoms with Crippen molar-refractivity contribution in [2.24, 2.45) is 0 Å². The molecule has 0 aromatic heterocycles. The average molecular weight is 303 g/mol. The zero-order valence-corrected chi connectivity index (χ0v) is 14.2. The molecule has 1 N–H and O–H groups in total. The summed E-state index contributed by atoms with van der Waals surface area (Å²) in [5, 5.41) is 3.17. The van der Waals surface area contributed by atoms with Gasteiger partial charge in [0, 0.05) is 5.54 Å². The van der Waals surface area contributed by atoms with Crippen molar-refractivity contribution in [2.45, 2.75) is 76.9 Å². The fraction of sp³-hybridized carbons (Fsp3) is 0.632. The van der Waals surface area contributed by atoms with Crippen LogP contribution in [0.25, 0.3) is 0 Å². The number of hydrogen-bond donors (Lipinski definition) is 1. The van der Waals surface area contributed by atoms with E-state index in [1.54, 1.807) is 0 Å². The summed E-state index contributed by atoms with van der Waals surface area (Å²) in [5.74, 6) is 0. The van der Waals surface area contributed by atoms with Crippen LogP contribution in [-0.4, -0.2) is 17.2 Å². The van der Waals surface area contributed by atoms with E-state index in [1.165, 1.54) is 18.4 Å². The molecule has 0 unspecified atom stereocenters. The van der Waals surface area contributed by atoms with Crippen molar-refractivity contribution in [2.75, 3.05) is 0 Å². The van der Waals surface area contributed by atoms with Crippen molar-refractivity contribution < 1.29 is 9.53 Å². The second-order valence-corrected chi connectivity index (χ2v) is 7.45. The van der Waals surface area contributed by atoms with E-state index in [1.807, 2.05) is 26.8 Å². The summed E-state index contributed by atoms with van der Waals surface area (Å²) >= 11 is 0. The van der Waals surface area contributed by atoms with E-state index in [2.05, 4.69) is 29.6 Å².